The van der Waals surface area contributed by atoms with Crippen molar-refractivity contribution in [1.29, 1.82) is 0 Å². The minimum atomic E-state index is -0.745. The first-order valence-electron chi connectivity index (χ1n) is 11.8. The van der Waals surface area contributed by atoms with Gasteiger partial charge in [0.1, 0.15) is 11.6 Å². The number of fused-ring (bicyclic) bond motifs is 1. The van der Waals surface area contributed by atoms with E-state index in [1.807, 2.05) is 23.7 Å². The third-order valence-corrected chi connectivity index (χ3v) is 6.33. The Labute approximate surface area is 202 Å². The number of carbonyl (C=O) groups is 1. The van der Waals surface area contributed by atoms with Gasteiger partial charge in [0.15, 0.2) is 0 Å². The number of anilines is 3. The summed E-state index contributed by atoms with van der Waals surface area (Å²) in [6, 6.07) is 4.36. The quantitative estimate of drug-likeness (QED) is 0.496. The molecular formula is C23H32N8O4. The van der Waals surface area contributed by atoms with Crippen LogP contribution in [0.2, 0.25) is 0 Å². The van der Waals surface area contributed by atoms with Crippen LogP contribution >= 0.6 is 0 Å². The average molecular weight is 485 g/mol. The molecule has 0 spiro atoms. The maximum atomic E-state index is 12.8. The van der Waals surface area contributed by atoms with Crippen molar-refractivity contribution in [2.24, 2.45) is 12.8 Å². The van der Waals surface area contributed by atoms with Gasteiger partial charge >= 0.3 is 11.8 Å². The second-order valence-electron chi connectivity index (χ2n) is 8.65. The van der Waals surface area contributed by atoms with Crippen molar-refractivity contribution in [1.82, 2.24) is 24.1 Å². The molecule has 2 fully saturated rings. The molecule has 3 aromatic heterocycles. The van der Waals surface area contributed by atoms with Crippen LogP contribution in [0.25, 0.3) is 11.0 Å². The highest BCUT2D eigenvalue weighted by Crippen LogP contribution is 2.31. The molecule has 3 aromatic rings. The summed E-state index contributed by atoms with van der Waals surface area (Å²) in [6.07, 6.45) is 9.09. The fourth-order valence-electron chi connectivity index (χ4n) is 4.49. The molecule has 0 radical (unpaired) electrons. The number of nitrogens with one attached hydrogen (secondary N) is 2. The second kappa shape index (κ2) is 11.2. The standard InChI is InChI=1S/C21H27N7O2.C2H5NO2/c1-27-17-13-23-19(12-16(17)28(21(27)29)15-4-2-3-5-15)25-18-6-9-22-20(26-18)24-14-7-10-30-11-8-14;1-5-2(3)4/h6,9,12-15H,2-5,7-8,10-11H2,1H3,(H2,22,23,24,25,26);1H3,(H2,3,4). The lowest BCUT2D eigenvalue weighted by molar-refractivity contribution is 0.0903. The molecule has 12 nitrogen and oxygen atoms in total. The largest absolute Gasteiger partial charge is 0.453 e. The maximum absolute atomic E-state index is 12.8. The van der Waals surface area contributed by atoms with Gasteiger partial charge in [-0.3, -0.25) is 9.13 Å². The molecule has 4 N–H and O–H groups in total. The van der Waals surface area contributed by atoms with Gasteiger partial charge in [-0.05, 0) is 31.7 Å². The lowest BCUT2D eigenvalue weighted by atomic mass is 10.1. The van der Waals surface area contributed by atoms with Crippen LogP contribution in [0.4, 0.5) is 22.4 Å². The third-order valence-electron chi connectivity index (χ3n) is 6.33. The molecular weight excluding hydrogens is 452 g/mol. The van der Waals surface area contributed by atoms with Crippen LogP contribution in [0.15, 0.2) is 29.3 Å². The van der Waals surface area contributed by atoms with E-state index in [0.29, 0.717) is 23.6 Å². The summed E-state index contributed by atoms with van der Waals surface area (Å²) in [5.41, 5.74) is 6.23. The number of aryl methyl sites for hydroxylation is 1. The van der Waals surface area contributed by atoms with Crippen LogP contribution in [-0.4, -0.2) is 56.5 Å². The molecule has 4 heterocycles. The Morgan fingerprint density at radius 1 is 1.14 bits per heavy atom. The van der Waals surface area contributed by atoms with E-state index in [1.165, 1.54) is 20.0 Å². The Bertz CT molecular complexity index is 1210. The molecule has 2 aliphatic rings. The van der Waals surface area contributed by atoms with Crippen LogP contribution in [0, 0.1) is 0 Å². The summed E-state index contributed by atoms with van der Waals surface area (Å²) >= 11 is 0. The van der Waals surface area contributed by atoms with Crippen molar-refractivity contribution >= 4 is 34.7 Å². The number of rotatable bonds is 5. The van der Waals surface area contributed by atoms with Crippen molar-refractivity contribution < 1.29 is 14.3 Å². The van der Waals surface area contributed by atoms with E-state index in [1.54, 1.807) is 17.0 Å². The third kappa shape index (κ3) is 5.88. The Morgan fingerprint density at radius 3 is 2.54 bits per heavy atom. The minimum absolute atomic E-state index is 0.0285. The minimum Gasteiger partial charge on any atom is -0.453 e. The van der Waals surface area contributed by atoms with E-state index >= 15 is 0 Å². The van der Waals surface area contributed by atoms with Crippen molar-refractivity contribution in [2.45, 2.75) is 50.6 Å². The molecule has 5 rings (SSSR count). The average Bonchev–Trinajstić information content (AvgIpc) is 3.47. The van der Waals surface area contributed by atoms with Gasteiger partial charge in [-0.15, -0.1) is 0 Å². The van der Waals surface area contributed by atoms with Crippen molar-refractivity contribution in [3.8, 4) is 0 Å². The molecule has 0 aromatic carbocycles. The molecule has 35 heavy (non-hydrogen) atoms. The summed E-state index contributed by atoms with van der Waals surface area (Å²) in [4.78, 5) is 35.6. The van der Waals surface area contributed by atoms with E-state index in [0.717, 1.165) is 49.9 Å². The van der Waals surface area contributed by atoms with Crippen molar-refractivity contribution in [3.63, 3.8) is 0 Å². The van der Waals surface area contributed by atoms with E-state index in [-0.39, 0.29) is 11.7 Å². The molecule has 0 bridgehead atoms. The van der Waals surface area contributed by atoms with Crippen LogP contribution in [0.1, 0.15) is 44.6 Å². The number of nitrogens with zero attached hydrogens (tertiary/aromatic N) is 5. The molecule has 12 heteroatoms. The first-order chi connectivity index (χ1) is 17.0. The zero-order chi connectivity index (χ0) is 24.8. The highest BCUT2D eigenvalue weighted by molar-refractivity contribution is 5.79. The normalized spacial score (nSPS) is 16.5. The van der Waals surface area contributed by atoms with Gasteiger partial charge < -0.3 is 25.8 Å². The van der Waals surface area contributed by atoms with Crippen LogP contribution < -0.4 is 22.1 Å². The van der Waals surface area contributed by atoms with Gasteiger partial charge in [0.25, 0.3) is 0 Å². The van der Waals surface area contributed by atoms with Gasteiger partial charge in [-0.2, -0.15) is 4.98 Å². The zero-order valence-corrected chi connectivity index (χ0v) is 20.1. The Morgan fingerprint density at radius 2 is 1.86 bits per heavy atom. The monoisotopic (exact) mass is 484 g/mol. The maximum Gasteiger partial charge on any atom is 0.404 e. The number of aromatic nitrogens is 5. The van der Waals surface area contributed by atoms with Gasteiger partial charge in [-0.1, -0.05) is 12.8 Å². The predicted molar refractivity (Wildman–Crippen MR) is 132 cm³/mol. The summed E-state index contributed by atoms with van der Waals surface area (Å²) < 4.78 is 12.9. The molecule has 1 saturated carbocycles. The van der Waals surface area contributed by atoms with Crippen LogP contribution in [-0.2, 0) is 16.5 Å². The molecule has 188 valence electrons. The highest BCUT2D eigenvalue weighted by atomic mass is 16.5. The van der Waals surface area contributed by atoms with Crippen molar-refractivity contribution in [3.05, 3.63) is 35.0 Å². The van der Waals surface area contributed by atoms with E-state index in [9.17, 15) is 9.59 Å². The van der Waals surface area contributed by atoms with E-state index in [4.69, 9.17) is 4.74 Å². The fourth-order valence-corrected chi connectivity index (χ4v) is 4.49. The summed E-state index contributed by atoms with van der Waals surface area (Å²) in [5.74, 6) is 1.92. The number of hydrogen-bond acceptors (Lipinski definition) is 9. The number of carbonyl (C=O) groups excluding carboxylic acids is 1. The molecule has 1 aliphatic carbocycles. The number of primary amides is 1. The number of hydrogen-bond donors (Lipinski definition) is 3. The Balaban J connectivity index is 0.000000527. The number of pyridine rings is 1. The van der Waals surface area contributed by atoms with Crippen molar-refractivity contribution in [2.75, 3.05) is 31.0 Å². The van der Waals surface area contributed by atoms with Gasteiger partial charge in [0.2, 0.25) is 5.95 Å². The number of amides is 1. The van der Waals surface area contributed by atoms with Crippen LogP contribution in [0.5, 0.6) is 0 Å². The molecule has 0 atom stereocenters. The smallest absolute Gasteiger partial charge is 0.404 e. The number of nitrogens with two attached hydrogens (primary N) is 1. The van der Waals surface area contributed by atoms with E-state index in [2.05, 4.69) is 36.1 Å². The zero-order valence-electron chi connectivity index (χ0n) is 20.1. The van der Waals surface area contributed by atoms with Crippen LogP contribution in [0.3, 0.4) is 0 Å². The topological polar surface area (TPSA) is 151 Å². The SMILES string of the molecule is COC(N)=O.Cn1c(=O)n(C2CCCC2)c2cc(Nc3ccnc(NC4CCOCC4)n3)ncc21. The molecule has 0 unspecified atom stereocenters. The number of imidazole rings is 1. The first-order valence-corrected chi connectivity index (χ1v) is 11.8. The first kappa shape index (κ1) is 24.5. The Hall–Kier alpha value is -3.67. The molecule has 1 aliphatic heterocycles. The van der Waals surface area contributed by atoms with Gasteiger partial charge in [0.05, 0.1) is 24.3 Å². The highest BCUT2D eigenvalue weighted by Gasteiger charge is 2.23. The lowest BCUT2D eigenvalue weighted by Gasteiger charge is -2.23. The summed E-state index contributed by atoms with van der Waals surface area (Å²) in [6.45, 7) is 1.53. The van der Waals surface area contributed by atoms with Gasteiger partial charge in [0, 0.05) is 44.6 Å². The Kier molecular flexibility index (Phi) is 7.80. The molecule has 1 amide bonds. The fraction of sp³-hybridized carbons (Fsp3) is 0.522. The predicted octanol–water partition coefficient (Wildman–Crippen LogP) is 2.69. The lowest BCUT2D eigenvalue weighted by Crippen LogP contribution is -2.28. The van der Waals surface area contributed by atoms with Gasteiger partial charge in [-0.25, -0.2) is 19.6 Å². The molecule has 1 saturated heterocycles. The summed E-state index contributed by atoms with van der Waals surface area (Å²) in [7, 11) is 3.03. The number of methoxy groups -OCH3 is 1. The summed E-state index contributed by atoms with van der Waals surface area (Å²) in [5, 5.41) is 6.65. The second-order valence-corrected chi connectivity index (χ2v) is 8.65. The van der Waals surface area contributed by atoms with E-state index < -0.39 is 6.09 Å². The number of ether oxygens (including phenoxy) is 2.